The van der Waals surface area contributed by atoms with Gasteiger partial charge < -0.3 is 5.40 Å². The highest BCUT2D eigenvalue weighted by Gasteiger charge is 2.38. The zero-order chi connectivity index (χ0) is 8.58. The normalized spacial score (nSPS) is 19.2. The van der Waals surface area contributed by atoms with E-state index in [-0.39, 0.29) is 0 Å². The first-order valence-electron chi connectivity index (χ1n) is 3.98. The summed E-state index contributed by atoms with van der Waals surface area (Å²) in [6, 6.07) is 0. The van der Waals surface area contributed by atoms with E-state index >= 15 is 0 Å². The number of rotatable bonds is 1. The Labute approximate surface area is 66.1 Å². The molecule has 2 N–H and O–H groups in total. The molecule has 0 aliphatic heterocycles. The van der Waals surface area contributed by atoms with E-state index in [1.807, 2.05) is 0 Å². The van der Waals surface area contributed by atoms with Gasteiger partial charge in [-0.1, -0.05) is 41.2 Å². The van der Waals surface area contributed by atoms with Gasteiger partial charge in [0.25, 0.3) is 0 Å². The van der Waals surface area contributed by atoms with E-state index in [2.05, 4.69) is 41.2 Å². The predicted molar refractivity (Wildman–Crippen MR) is 50.6 cm³/mol. The van der Waals surface area contributed by atoms with E-state index in [1.165, 1.54) is 0 Å². The molecule has 0 fully saturated rings. The van der Waals surface area contributed by atoms with Gasteiger partial charge in [-0.25, -0.2) is 0 Å². The molecule has 0 aromatic carbocycles. The minimum atomic E-state index is -1.48. The standard InChI is InChI=1S/C8H21NSi/c1-7(2)10(6,9)8(3,4)5/h7H,9H2,1-6H3. The summed E-state index contributed by atoms with van der Waals surface area (Å²) in [5, 5.41) is 6.61. The van der Waals surface area contributed by atoms with Gasteiger partial charge in [0, 0.05) is 0 Å². The van der Waals surface area contributed by atoms with Gasteiger partial charge in [-0.15, -0.1) is 0 Å². The van der Waals surface area contributed by atoms with Gasteiger partial charge in [-0.3, -0.25) is 0 Å². The van der Waals surface area contributed by atoms with Crippen molar-refractivity contribution >= 4 is 8.24 Å². The predicted octanol–water partition coefficient (Wildman–Crippen LogP) is 2.73. The maximum atomic E-state index is 6.28. The highest BCUT2D eigenvalue weighted by atomic mass is 28.3. The summed E-state index contributed by atoms with van der Waals surface area (Å²) in [6.45, 7) is 13.5. The fourth-order valence-electron chi connectivity index (χ4n) is 0.866. The van der Waals surface area contributed by atoms with Gasteiger partial charge in [0.15, 0.2) is 0 Å². The molecule has 0 amide bonds. The first-order valence-corrected chi connectivity index (χ1v) is 6.64. The summed E-state index contributed by atoms with van der Waals surface area (Å²) < 4.78 is 0. The van der Waals surface area contributed by atoms with Crippen LogP contribution in [0.3, 0.4) is 0 Å². The Bertz CT molecular complexity index is 111. The van der Waals surface area contributed by atoms with Gasteiger partial charge in [0.1, 0.15) is 8.24 Å². The van der Waals surface area contributed by atoms with Crippen LogP contribution < -0.4 is 5.40 Å². The van der Waals surface area contributed by atoms with E-state index < -0.39 is 8.24 Å². The van der Waals surface area contributed by atoms with Crippen LogP contribution in [0.2, 0.25) is 17.1 Å². The first-order chi connectivity index (χ1) is 4.19. The molecule has 0 saturated heterocycles. The Kier molecular flexibility index (Phi) is 2.71. The SMILES string of the molecule is CC(C)[Si](C)(N)C(C)(C)C. The van der Waals surface area contributed by atoms with Crippen LogP contribution in [0.25, 0.3) is 0 Å². The molecule has 62 valence electrons. The minimum Gasteiger partial charge on any atom is -0.350 e. The molecule has 2 heteroatoms. The topological polar surface area (TPSA) is 26.0 Å². The minimum absolute atomic E-state index is 0.334. The van der Waals surface area contributed by atoms with Crippen molar-refractivity contribution in [1.29, 1.82) is 0 Å². The lowest BCUT2D eigenvalue weighted by Crippen LogP contribution is -2.53. The molecule has 0 aromatic heterocycles. The molecule has 0 radical (unpaired) electrons. The van der Waals surface area contributed by atoms with Crippen molar-refractivity contribution in [2.45, 2.75) is 51.7 Å². The van der Waals surface area contributed by atoms with Crippen LogP contribution in [0.4, 0.5) is 0 Å². The molecule has 0 aliphatic carbocycles. The highest BCUT2D eigenvalue weighted by Crippen LogP contribution is 2.38. The van der Waals surface area contributed by atoms with Crippen LogP contribution in [0.5, 0.6) is 0 Å². The largest absolute Gasteiger partial charge is 0.350 e. The van der Waals surface area contributed by atoms with Gasteiger partial charge in [-0.05, 0) is 10.6 Å². The van der Waals surface area contributed by atoms with E-state index in [4.69, 9.17) is 5.40 Å². The Morgan fingerprint density at radius 2 is 1.50 bits per heavy atom. The van der Waals surface area contributed by atoms with E-state index in [0.717, 1.165) is 0 Å². The van der Waals surface area contributed by atoms with Crippen LogP contribution >= 0.6 is 0 Å². The van der Waals surface area contributed by atoms with Crippen LogP contribution in [-0.4, -0.2) is 8.24 Å². The molecule has 0 aromatic rings. The zero-order valence-corrected chi connectivity index (χ0v) is 9.15. The van der Waals surface area contributed by atoms with E-state index in [0.29, 0.717) is 10.6 Å². The molecule has 10 heavy (non-hydrogen) atoms. The number of nitrogens with two attached hydrogens (primary N) is 1. The Balaban J connectivity index is 4.40. The third kappa shape index (κ3) is 1.83. The van der Waals surface area contributed by atoms with Crippen molar-refractivity contribution in [3.63, 3.8) is 0 Å². The van der Waals surface area contributed by atoms with Crippen LogP contribution in [0.15, 0.2) is 0 Å². The van der Waals surface area contributed by atoms with Gasteiger partial charge in [-0.2, -0.15) is 0 Å². The van der Waals surface area contributed by atoms with Crippen LogP contribution in [0.1, 0.15) is 34.6 Å². The number of hydrogen-bond donors (Lipinski definition) is 1. The summed E-state index contributed by atoms with van der Waals surface area (Å²) in [5.41, 5.74) is 0.674. The quantitative estimate of drug-likeness (QED) is 0.585. The Hall–Kier alpha value is 0.177. The van der Waals surface area contributed by atoms with Crippen molar-refractivity contribution in [3.8, 4) is 0 Å². The van der Waals surface area contributed by atoms with Gasteiger partial charge in [0.2, 0.25) is 0 Å². The monoisotopic (exact) mass is 159 g/mol. The third-order valence-corrected chi connectivity index (χ3v) is 8.45. The molecule has 1 unspecified atom stereocenters. The maximum absolute atomic E-state index is 6.28. The van der Waals surface area contributed by atoms with Crippen molar-refractivity contribution in [2.75, 3.05) is 0 Å². The van der Waals surface area contributed by atoms with E-state index in [1.54, 1.807) is 0 Å². The molecular weight excluding hydrogens is 138 g/mol. The molecule has 1 atom stereocenters. The van der Waals surface area contributed by atoms with Gasteiger partial charge >= 0.3 is 0 Å². The van der Waals surface area contributed by atoms with Crippen LogP contribution in [-0.2, 0) is 0 Å². The lowest BCUT2D eigenvalue weighted by molar-refractivity contribution is 0.688. The maximum Gasteiger partial charge on any atom is 0.127 e. The molecule has 0 aliphatic rings. The molecule has 1 nitrogen and oxygen atoms in total. The summed E-state index contributed by atoms with van der Waals surface area (Å²) in [7, 11) is -1.48. The third-order valence-electron chi connectivity index (χ3n) is 2.82. The molecule has 0 spiro atoms. The second-order valence-corrected chi connectivity index (χ2v) is 9.91. The van der Waals surface area contributed by atoms with Gasteiger partial charge in [0.05, 0.1) is 0 Å². The molecule has 0 bridgehead atoms. The average molecular weight is 159 g/mol. The highest BCUT2D eigenvalue weighted by molar-refractivity contribution is 6.79. The van der Waals surface area contributed by atoms with Crippen molar-refractivity contribution in [1.82, 2.24) is 0 Å². The van der Waals surface area contributed by atoms with Crippen molar-refractivity contribution in [2.24, 2.45) is 5.40 Å². The zero-order valence-electron chi connectivity index (χ0n) is 8.15. The summed E-state index contributed by atoms with van der Waals surface area (Å²) in [6.07, 6.45) is 0. The lowest BCUT2D eigenvalue weighted by Gasteiger charge is -2.39. The molecule has 0 saturated carbocycles. The second-order valence-electron chi connectivity index (χ2n) is 4.69. The van der Waals surface area contributed by atoms with Crippen molar-refractivity contribution < 1.29 is 0 Å². The Morgan fingerprint density at radius 3 is 1.50 bits per heavy atom. The Morgan fingerprint density at radius 1 is 1.20 bits per heavy atom. The molecular formula is C8H21NSi. The number of hydrogen-bond acceptors (Lipinski definition) is 1. The average Bonchev–Trinajstić information content (AvgIpc) is 1.62. The summed E-state index contributed by atoms with van der Waals surface area (Å²) in [5.74, 6) is 0. The molecule has 0 heterocycles. The second kappa shape index (κ2) is 2.66. The first kappa shape index (κ1) is 10.2. The van der Waals surface area contributed by atoms with Crippen LogP contribution in [0, 0.1) is 0 Å². The van der Waals surface area contributed by atoms with Crippen molar-refractivity contribution in [3.05, 3.63) is 0 Å². The summed E-state index contributed by atoms with van der Waals surface area (Å²) in [4.78, 5) is 0. The molecule has 0 rings (SSSR count). The fraction of sp³-hybridized carbons (Fsp3) is 1.00. The van der Waals surface area contributed by atoms with E-state index in [9.17, 15) is 0 Å². The summed E-state index contributed by atoms with van der Waals surface area (Å²) >= 11 is 0. The fourth-order valence-corrected chi connectivity index (χ4v) is 2.60. The lowest BCUT2D eigenvalue weighted by atomic mass is 10.2. The smallest absolute Gasteiger partial charge is 0.127 e.